The molecule has 0 saturated carbocycles. The highest BCUT2D eigenvalue weighted by Crippen LogP contribution is 2.28. The number of nitrogens with one attached hydrogen (secondary N) is 2. The van der Waals surface area contributed by atoms with Crippen molar-refractivity contribution in [3.05, 3.63) is 52.9 Å². The lowest BCUT2D eigenvalue weighted by atomic mass is 10.2. The summed E-state index contributed by atoms with van der Waals surface area (Å²) in [5.41, 5.74) is 9.90. The van der Waals surface area contributed by atoms with Crippen molar-refractivity contribution >= 4 is 23.6 Å². The summed E-state index contributed by atoms with van der Waals surface area (Å²) in [4.78, 5) is 14.7. The lowest BCUT2D eigenvalue weighted by molar-refractivity contribution is 0.0522. The molecule has 0 aliphatic rings. The van der Waals surface area contributed by atoms with Crippen molar-refractivity contribution in [2.24, 2.45) is 10.8 Å². The normalized spacial score (nSPS) is 11.7. The van der Waals surface area contributed by atoms with Crippen molar-refractivity contribution < 1.29 is 14.6 Å². The Hall–Kier alpha value is -3.73. The average Bonchev–Trinajstić information content (AvgIpc) is 2.92. The molecule has 0 radical (unpaired) electrons. The maximum atomic E-state index is 11.9. The second-order valence-electron chi connectivity index (χ2n) is 5.25. The van der Waals surface area contributed by atoms with Crippen LogP contribution in [0.1, 0.15) is 28.7 Å². The molecule has 1 heterocycles. The van der Waals surface area contributed by atoms with Gasteiger partial charge in [-0.15, -0.1) is 0 Å². The number of hydrogen-bond donors (Lipinski definition) is 4. The summed E-state index contributed by atoms with van der Waals surface area (Å²) in [5.74, 6) is -1.03. The number of rotatable bonds is 6. The summed E-state index contributed by atoms with van der Waals surface area (Å²) in [6.45, 7) is 3.47. The van der Waals surface area contributed by atoms with Crippen LogP contribution >= 0.6 is 0 Å². The number of benzene rings is 1. The second-order valence-corrected chi connectivity index (χ2v) is 5.25. The maximum absolute atomic E-state index is 11.9. The largest absolute Gasteiger partial charge is 0.505 e. The first-order valence-corrected chi connectivity index (χ1v) is 7.83. The molecule has 0 bridgehead atoms. The molecule has 1 aromatic heterocycles. The van der Waals surface area contributed by atoms with E-state index in [1.54, 1.807) is 26.0 Å². The number of ether oxygens (including phenoxy) is 1. The number of aryl methyl sites for hydroxylation is 1. The van der Waals surface area contributed by atoms with Crippen molar-refractivity contribution in [3.8, 4) is 11.8 Å². The number of para-hydroxylation sites is 1. The van der Waals surface area contributed by atoms with Crippen molar-refractivity contribution in [1.82, 2.24) is 4.98 Å². The average molecular weight is 353 g/mol. The van der Waals surface area contributed by atoms with E-state index in [-0.39, 0.29) is 35.0 Å². The van der Waals surface area contributed by atoms with Gasteiger partial charge < -0.3 is 20.6 Å². The molecule has 0 aliphatic carbocycles. The van der Waals surface area contributed by atoms with Gasteiger partial charge in [0.05, 0.1) is 23.6 Å². The number of aromatic nitrogens is 1. The lowest BCUT2D eigenvalue weighted by Crippen LogP contribution is -2.16. The van der Waals surface area contributed by atoms with Crippen LogP contribution in [0.5, 0.6) is 5.75 Å². The Morgan fingerprint density at radius 2 is 2.15 bits per heavy atom. The molecule has 0 amide bonds. The molecule has 8 heteroatoms. The third kappa shape index (κ3) is 4.21. The van der Waals surface area contributed by atoms with Crippen molar-refractivity contribution in [1.29, 1.82) is 5.26 Å². The predicted molar refractivity (Wildman–Crippen MR) is 98.4 cm³/mol. The zero-order valence-electron chi connectivity index (χ0n) is 14.4. The minimum absolute atomic E-state index is 0.0142. The molecular weight excluding hydrogens is 334 g/mol. The molecule has 0 unspecified atom stereocenters. The van der Waals surface area contributed by atoms with Gasteiger partial charge >= 0.3 is 5.97 Å². The zero-order valence-corrected chi connectivity index (χ0v) is 14.4. The van der Waals surface area contributed by atoms with E-state index >= 15 is 0 Å². The molecule has 0 saturated heterocycles. The van der Waals surface area contributed by atoms with Crippen molar-refractivity contribution in [2.75, 3.05) is 12.0 Å². The molecule has 0 fully saturated rings. The van der Waals surface area contributed by atoms with E-state index in [2.05, 4.69) is 15.5 Å². The molecule has 8 nitrogen and oxygen atoms in total. The topological polar surface area (TPSA) is 137 Å². The second kappa shape index (κ2) is 8.39. The first kappa shape index (κ1) is 18.6. The predicted octanol–water partition coefficient (Wildman–Crippen LogP) is 2.50. The third-order valence-electron chi connectivity index (χ3n) is 3.43. The smallest absolute Gasteiger partial charge is 0.343 e. The Bertz CT molecular complexity index is 892. The maximum Gasteiger partial charge on any atom is 0.343 e. The minimum Gasteiger partial charge on any atom is -0.505 e. The van der Waals surface area contributed by atoms with Crippen LogP contribution in [0, 0.1) is 18.3 Å². The lowest BCUT2D eigenvalue weighted by Gasteiger charge is -2.02. The Balaban J connectivity index is 2.30. The molecule has 2 rings (SSSR count). The van der Waals surface area contributed by atoms with E-state index in [1.807, 2.05) is 24.3 Å². The van der Waals surface area contributed by atoms with Gasteiger partial charge in [0.1, 0.15) is 11.6 Å². The van der Waals surface area contributed by atoms with E-state index in [4.69, 9.17) is 10.5 Å². The van der Waals surface area contributed by atoms with E-state index in [9.17, 15) is 15.2 Å². The third-order valence-corrected chi connectivity index (χ3v) is 3.43. The van der Waals surface area contributed by atoms with Crippen LogP contribution in [0.3, 0.4) is 0 Å². The molecule has 134 valence electrons. The number of amidine groups is 1. The summed E-state index contributed by atoms with van der Waals surface area (Å²) in [7, 11) is 0. The highest BCUT2D eigenvalue weighted by atomic mass is 16.5. The highest BCUT2D eigenvalue weighted by Gasteiger charge is 2.21. The number of aromatic amines is 1. The van der Waals surface area contributed by atoms with Crippen LogP contribution in [-0.2, 0) is 4.74 Å². The summed E-state index contributed by atoms with van der Waals surface area (Å²) >= 11 is 0. The Labute approximate surface area is 150 Å². The highest BCUT2D eigenvalue weighted by molar-refractivity contribution is 6.05. The number of nitrogens with zero attached hydrogens (tertiary/aromatic N) is 2. The Morgan fingerprint density at radius 3 is 2.77 bits per heavy atom. The molecule has 26 heavy (non-hydrogen) atoms. The Morgan fingerprint density at radius 1 is 1.46 bits per heavy atom. The Kier molecular flexibility index (Phi) is 6.01. The van der Waals surface area contributed by atoms with Crippen LogP contribution in [-0.4, -0.2) is 28.5 Å². The number of H-pyrrole nitrogens is 1. The summed E-state index contributed by atoms with van der Waals surface area (Å²) < 4.78 is 4.91. The SMILES string of the molecule is CCOC(=O)c1c(C)[nH]c(/C=C(C#N)/C(N)=N/Nc2ccccc2)c1O. The molecular formula is C18H19N5O3. The van der Waals surface area contributed by atoms with E-state index in [1.165, 1.54) is 6.08 Å². The number of nitrogens with two attached hydrogens (primary N) is 1. The minimum atomic E-state index is -0.649. The molecule has 5 N–H and O–H groups in total. The number of esters is 1. The number of carbonyl (C=O) groups excluding carboxylic acids is 1. The van der Waals surface area contributed by atoms with Gasteiger partial charge in [-0.2, -0.15) is 10.4 Å². The standard InChI is InChI=1S/C18H19N5O3/c1-3-26-18(25)15-11(2)21-14(16(15)24)9-12(10-19)17(20)23-22-13-7-5-4-6-8-13/h4-9,21-22,24H,3H2,1-2H3,(H2,20,23)/b12-9+. The van der Waals surface area contributed by atoms with Gasteiger partial charge in [-0.25, -0.2) is 4.79 Å². The first-order valence-electron chi connectivity index (χ1n) is 7.83. The van der Waals surface area contributed by atoms with Gasteiger partial charge in [-0.3, -0.25) is 5.43 Å². The quantitative estimate of drug-likeness (QED) is 0.207. The van der Waals surface area contributed by atoms with E-state index in [0.717, 1.165) is 0 Å². The van der Waals surface area contributed by atoms with Crippen LogP contribution in [0.25, 0.3) is 6.08 Å². The van der Waals surface area contributed by atoms with E-state index < -0.39 is 5.97 Å². The van der Waals surface area contributed by atoms with Gasteiger partial charge in [0, 0.05) is 5.69 Å². The summed E-state index contributed by atoms with van der Waals surface area (Å²) in [6.07, 6.45) is 1.32. The molecule has 0 atom stereocenters. The van der Waals surface area contributed by atoms with Crippen LogP contribution in [0.4, 0.5) is 5.69 Å². The molecule has 2 aromatic rings. The number of hydrazone groups is 1. The fourth-order valence-electron chi connectivity index (χ4n) is 2.20. The van der Waals surface area contributed by atoms with Gasteiger partial charge in [0.2, 0.25) is 0 Å². The van der Waals surface area contributed by atoms with Crippen LogP contribution in [0.15, 0.2) is 41.0 Å². The number of carbonyl (C=O) groups is 1. The van der Waals surface area contributed by atoms with Gasteiger partial charge in [0.25, 0.3) is 0 Å². The summed E-state index contributed by atoms with van der Waals surface area (Å²) in [5, 5.41) is 23.5. The number of nitriles is 1. The number of aromatic hydroxyl groups is 1. The summed E-state index contributed by atoms with van der Waals surface area (Å²) in [6, 6.07) is 11.0. The van der Waals surface area contributed by atoms with Crippen molar-refractivity contribution in [3.63, 3.8) is 0 Å². The monoisotopic (exact) mass is 353 g/mol. The van der Waals surface area contributed by atoms with Crippen molar-refractivity contribution in [2.45, 2.75) is 13.8 Å². The van der Waals surface area contributed by atoms with Crippen LogP contribution < -0.4 is 11.2 Å². The number of hydrogen-bond acceptors (Lipinski definition) is 6. The first-order chi connectivity index (χ1) is 12.5. The van der Waals surface area contributed by atoms with E-state index in [0.29, 0.717) is 11.4 Å². The van der Waals surface area contributed by atoms with Crippen LogP contribution in [0.2, 0.25) is 0 Å². The molecule has 0 aliphatic heterocycles. The molecule has 1 aromatic carbocycles. The fraction of sp³-hybridized carbons (Fsp3) is 0.167. The van der Waals surface area contributed by atoms with Gasteiger partial charge in [-0.1, -0.05) is 18.2 Å². The van der Waals surface area contributed by atoms with Gasteiger partial charge in [0.15, 0.2) is 11.6 Å². The van der Waals surface area contributed by atoms with Gasteiger partial charge in [-0.05, 0) is 32.1 Å². The fourth-order valence-corrected chi connectivity index (χ4v) is 2.20. The number of anilines is 1. The zero-order chi connectivity index (χ0) is 19.1. The molecule has 0 spiro atoms.